The monoisotopic (exact) mass is 185 g/mol. The van der Waals surface area contributed by atoms with Gasteiger partial charge in [-0.2, -0.15) is 0 Å². The molecule has 0 aromatic carbocycles. The van der Waals surface area contributed by atoms with Crippen LogP contribution in [0.1, 0.15) is 40.0 Å². The smallest absolute Gasteiger partial charge is 0.0726 e. The Kier molecular flexibility index (Phi) is 4.20. The Bertz CT molecular complexity index is 147. The number of hydrogen-bond acceptors (Lipinski definition) is 2. The fourth-order valence-electron chi connectivity index (χ4n) is 2.46. The Hall–Kier alpha value is -0.0800. The van der Waals surface area contributed by atoms with Crippen LogP contribution in [0.25, 0.3) is 0 Å². The molecule has 1 fully saturated rings. The van der Waals surface area contributed by atoms with E-state index < -0.39 is 0 Å². The molecule has 78 valence electrons. The van der Waals surface area contributed by atoms with Crippen LogP contribution in [0.15, 0.2) is 0 Å². The Labute approximate surface area is 82.3 Å². The van der Waals surface area contributed by atoms with E-state index >= 15 is 0 Å². The van der Waals surface area contributed by atoms with Gasteiger partial charge in [-0.15, -0.1) is 0 Å². The maximum Gasteiger partial charge on any atom is 0.0726 e. The molecule has 0 aromatic rings. The third kappa shape index (κ3) is 2.44. The fourth-order valence-corrected chi connectivity index (χ4v) is 2.46. The molecule has 0 aliphatic carbocycles. The molecule has 0 bridgehead atoms. The molecule has 0 saturated carbocycles. The minimum atomic E-state index is 0.459. The zero-order valence-electron chi connectivity index (χ0n) is 9.42. The van der Waals surface area contributed by atoms with Gasteiger partial charge in [0, 0.05) is 19.2 Å². The fraction of sp³-hybridized carbons (Fsp3) is 1.00. The van der Waals surface area contributed by atoms with Gasteiger partial charge in [0.15, 0.2) is 0 Å². The Morgan fingerprint density at radius 1 is 1.46 bits per heavy atom. The average Bonchev–Trinajstić information content (AvgIpc) is 2.16. The summed E-state index contributed by atoms with van der Waals surface area (Å²) in [5.74, 6) is 0. The van der Waals surface area contributed by atoms with E-state index in [1.54, 1.807) is 0 Å². The van der Waals surface area contributed by atoms with Crippen molar-refractivity contribution in [3.05, 3.63) is 0 Å². The molecular weight excluding hydrogens is 162 g/mol. The number of nitrogens with zero attached hydrogens (tertiary/aromatic N) is 1. The quantitative estimate of drug-likeness (QED) is 0.669. The van der Waals surface area contributed by atoms with Crippen LogP contribution in [-0.2, 0) is 4.74 Å². The second kappa shape index (κ2) is 4.97. The number of rotatable bonds is 3. The van der Waals surface area contributed by atoms with Crippen LogP contribution in [0.3, 0.4) is 0 Å². The zero-order valence-corrected chi connectivity index (χ0v) is 9.42. The topological polar surface area (TPSA) is 12.5 Å². The summed E-state index contributed by atoms with van der Waals surface area (Å²) in [4.78, 5) is 2.58. The highest BCUT2D eigenvalue weighted by Crippen LogP contribution is 2.24. The third-order valence-electron chi connectivity index (χ3n) is 3.14. The second-order valence-corrected chi connectivity index (χ2v) is 4.22. The van der Waals surface area contributed by atoms with Crippen molar-refractivity contribution >= 4 is 0 Å². The molecule has 13 heavy (non-hydrogen) atoms. The molecule has 2 nitrogen and oxygen atoms in total. The molecule has 0 spiro atoms. The van der Waals surface area contributed by atoms with Crippen LogP contribution < -0.4 is 0 Å². The van der Waals surface area contributed by atoms with Gasteiger partial charge in [0.25, 0.3) is 0 Å². The minimum absolute atomic E-state index is 0.459. The van der Waals surface area contributed by atoms with Crippen LogP contribution in [-0.4, -0.2) is 36.7 Å². The highest BCUT2D eigenvalue weighted by atomic mass is 16.5. The molecule has 1 aliphatic rings. The highest BCUT2D eigenvalue weighted by molar-refractivity contribution is 4.85. The van der Waals surface area contributed by atoms with Crippen molar-refractivity contribution in [3.8, 4) is 0 Å². The predicted octanol–water partition coefficient (Wildman–Crippen LogP) is 2.28. The van der Waals surface area contributed by atoms with Gasteiger partial charge in [0.1, 0.15) is 0 Å². The van der Waals surface area contributed by atoms with Crippen LogP contribution in [0, 0.1) is 0 Å². The second-order valence-electron chi connectivity index (χ2n) is 4.22. The molecule has 1 aliphatic heterocycles. The van der Waals surface area contributed by atoms with Crippen molar-refractivity contribution in [1.29, 1.82) is 0 Å². The number of methoxy groups -OCH3 is 1. The van der Waals surface area contributed by atoms with Crippen LogP contribution in [0.4, 0.5) is 0 Å². The number of piperidine rings is 1. The van der Waals surface area contributed by atoms with E-state index in [9.17, 15) is 0 Å². The lowest BCUT2D eigenvalue weighted by molar-refractivity contribution is -0.0320. The lowest BCUT2D eigenvalue weighted by atomic mass is 9.95. The molecule has 2 atom stereocenters. The summed E-state index contributed by atoms with van der Waals surface area (Å²) in [6.45, 7) is 8.06. The van der Waals surface area contributed by atoms with E-state index in [-0.39, 0.29) is 0 Å². The minimum Gasteiger partial charge on any atom is -0.380 e. The summed E-state index contributed by atoms with van der Waals surface area (Å²) in [6.07, 6.45) is 4.18. The maximum absolute atomic E-state index is 5.53. The summed E-state index contributed by atoms with van der Waals surface area (Å²) >= 11 is 0. The van der Waals surface area contributed by atoms with Gasteiger partial charge in [-0.1, -0.05) is 6.92 Å². The van der Waals surface area contributed by atoms with Gasteiger partial charge in [-0.25, -0.2) is 0 Å². The first-order valence-corrected chi connectivity index (χ1v) is 5.49. The summed E-state index contributed by atoms with van der Waals surface area (Å²) in [7, 11) is 1.84. The molecule has 1 heterocycles. The number of hydrogen-bond donors (Lipinski definition) is 0. The van der Waals surface area contributed by atoms with E-state index in [1.165, 1.54) is 25.8 Å². The van der Waals surface area contributed by atoms with E-state index in [2.05, 4.69) is 25.7 Å². The summed E-state index contributed by atoms with van der Waals surface area (Å²) in [6, 6.07) is 1.29. The third-order valence-corrected chi connectivity index (χ3v) is 3.14. The van der Waals surface area contributed by atoms with Crippen molar-refractivity contribution in [1.82, 2.24) is 4.90 Å². The normalized spacial score (nSPS) is 31.2. The summed E-state index contributed by atoms with van der Waals surface area (Å²) in [5, 5.41) is 0. The zero-order chi connectivity index (χ0) is 9.84. The lowest BCUT2D eigenvalue weighted by Gasteiger charge is -2.42. The van der Waals surface area contributed by atoms with Gasteiger partial charge in [-0.05, 0) is 39.7 Å². The number of likely N-dealkylation sites (tertiary alicyclic amines) is 1. The standard InChI is InChI=1S/C11H23NO/c1-5-10-11(13-4)7-6-8-12(10)9(2)3/h9-11H,5-8H2,1-4H3/t10-,11-/m1/s1. The van der Waals surface area contributed by atoms with Crippen molar-refractivity contribution in [2.24, 2.45) is 0 Å². The average molecular weight is 185 g/mol. The molecule has 1 rings (SSSR count). The summed E-state index contributed by atoms with van der Waals surface area (Å²) in [5.41, 5.74) is 0. The van der Waals surface area contributed by atoms with Crippen molar-refractivity contribution < 1.29 is 4.74 Å². The van der Waals surface area contributed by atoms with E-state index in [0.717, 1.165) is 0 Å². The van der Waals surface area contributed by atoms with E-state index in [4.69, 9.17) is 4.74 Å². The maximum atomic E-state index is 5.53. The van der Waals surface area contributed by atoms with Crippen molar-refractivity contribution in [2.75, 3.05) is 13.7 Å². The first-order valence-electron chi connectivity index (χ1n) is 5.49. The molecule has 0 amide bonds. The van der Waals surface area contributed by atoms with E-state index in [1.807, 2.05) is 7.11 Å². The molecule has 0 unspecified atom stereocenters. The number of ether oxygens (including phenoxy) is 1. The van der Waals surface area contributed by atoms with E-state index in [0.29, 0.717) is 18.2 Å². The highest BCUT2D eigenvalue weighted by Gasteiger charge is 2.31. The van der Waals surface area contributed by atoms with Gasteiger partial charge < -0.3 is 4.74 Å². The predicted molar refractivity (Wildman–Crippen MR) is 56.0 cm³/mol. The first kappa shape index (κ1) is 11.0. The first-order chi connectivity index (χ1) is 6.20. The SMILES string of the molecule is CC[C@@H]1[C@H](OC)CCCN1C(C)C. The van der Waals surface area contributed by atoms with Crippen LogP contribution in [0.5, 0.6) is 0 Å². The molecule has 0 aromatic heterocycles. The molecule has 0 radical (unpaired) electrons. The van der Waals surface area contributed by atoms with Crippen molar-refractivity contribution in [2.45, 2.75) is 58.2 Å². The van der Waals surface area contributed by atoms with Gasteiger partial charge in [0.05, 0.1) is 6.10 Å². The Morgan fingerprint density at radius 2 is 2.15 bits per heavy atom. The van der Waals surface area contributed by atoms with Crippen LogP contribution >= 0.6 is 0 Å². The van der Waals surface area contributed by atoms with Gasteiger partial charge >= 0.3 is 0 Å². The molecule has 1 saturated heterocycles. The molecule has 2 heteroatoms. The molecule has 0 N–H and O–H groups in total. The Balaban J connectivity index is 2.61. The lowest BCUT2D eigenvalue weighted by Crippen LogP contribution is -2.51. The largest absolute Gasteiger partial charge is 0.380 e. The molecular formula is C11H23NO. The van der Waals surface area contributed by atoms with Gasteiger partial charge in [-0.3, -0.25) is 4.90 Å². The Morgan fingerprint density at radius 3 is 2.62 bits per heavy atom. The van der Waals surface area contributed by atoms with Gasteiger partial charge in [0.2, 0.25) is 0 Å². The summed E-state index contributed by atoms with van der Waals surface area (Å²) < 4.78 is 5.53. The van der Waals surface area contributed by atoms with Crippen LogP contribution in [0.2, 0.25) is 0 Å². The van der Waals surface area contributed by atoms with Crippen molar-refractivity contribution in [3.63, 3.8) is 0 Å².